The number of phenolic OH excluding ortho intramolecular Hbond substituents is 2. The predicted octanol–water partition coefficient (Wildman–Crippen LogP) is 1.16. The Morgan fingerprint density at radius 2 is 2.27 bits per heavy atom. The van der Waals surface area contributed by atoms with Crippen molar-refractivity contribution < 1.29 is 15.0 Å². The van der Waals surface area contributed by atoms with Crippen LogP contribution in [0.15, 0.2) is 23.2 Å². The van der Waals surface area contributed by atoms with E-state index in [1.807, 2.05) is 0 Å². The molecular formula is C10H9NO3S. The predicted molar refractivity (Wildman–Crippen MR) is 58.6 cm³/mol. The first-order valence-electron chi connectivity index (χ1n) is 4.39. The van der Waals surface area contributed by atoms with Crippen LogP contribution in [0.5, 0.6) is 11.5 Å². The molecule has 15 heavy (non-hydrogen) atoms. The highest BCUT2D eigenvalue weighted by Gasteiger charge is 2.20. The van der Waals surface area contributed by atoms with Crippen molar-refractivity contribution in [2.45, 2.75) is 6.04 Å². The van der Waals surface area contributed by atoms with Crippen LogP contribution < -0.4 is 0 Å². The molecule has 0 saturated carbocycles. The zero-order valence-electron chi connectivity index (χ0n) is 7.75. The molecule has 0 radical (unpaired) electrons. The molecule has 1 heterocycles. The number of phenols is 2. The third-order valence-corrected chi connectivity index (χ3v) is 3.15. The molecule has 0 spiro atoms. The van der Waals surface area contributed by atoms with Gasteiger partial charge in [0.25, 0.3) is 0 Å². The molecule has 1 unspecified atom stereocenters. The van der Waals surface area contributed by atoms with Crippen molar-refractivity contribution in [3.8, 4) is 11.5 Å². The van der Waals surface area contributed by atoms with E-state index in [1.165, 1.54) is 23.9 Å². The van der Waals surface area contributed by atoms with Crippen molar-refractivity contribution >= 4 is 23.1 Å². The van der Waals surface area contributed by atoms with Crippen molar-refractivity contribution in [1.29, 1.82) is 0 Å². The van der Waals surface area contributed by atoms with E-state index >= 15 is 0 Å². The molecule has 1 aliphatic heterocycles. The van der Waals surface area contributed by atoms with Gasteiger partial charge in [0.05, 0.1) is 0 Å². The van der Waals surface area contributed by atoms with Gasteiger partial charge in [0, 0.05) is 17.4 Å². The molecule has 1 atom stereocenters. The molecule has 0 aromatic heterocycles. The lowest BCUT2D eigenvalue weighted by Gasteiger charge is -2.03. The van der Waals surface area contributed by atoms with Crippen LogP contribution in [0.4, 0.5) is 0 Å². The van der Waals surface area contributed by atoms with Gasteiger partial charge in [-0.2, -0.15) is 0 Å². The van der Waals surface area contributed by atoms with Crippen molar-refractivity contribution in [2.24, 2.45) is 4.99 Å². The summed E-state index contributed by atoms with van der Waals surface area (Å²) in [6, 6.07) is 4.00. The molecule has 1 aromatic rings. The Bertz CT molecular complexity index is 431. The number of carbonyl (C=O) groups excluding carboxylic acids is 1. The number of carbonyl (C=O) groups is 1. The minimum absolute atomic E-state index is 0.00628. The van der Waals surface area contributed by atoms with Crippen LogP contribution in [-0.4, -0.2) is 33.3 Å². The van der Waals surface area contributed by atoms with Gasteiger partial charge in [-0.15, -0.1) is 11.8 Å². The molecular weight excluding hydrogens is 214 g/mol. The van der Waals surface area contributed by atoms with Crippen molar-refractivity contribution in [2.75, 3.05) is 5.75 Å². The highest BCUT2D eigenvalue weighted by atomic mass is 32.2. The molecule has 0 aliphatic carbocycles. The number of hydrogen-bond acceptors (Lipinski definition) is 5. The zero-order chi connectivity index (χ0) is 10.8. The Hall–Kier alpha value is -1.49. The Morgan fingerprint density at radius 3 is 2.87 bits per heavy atom. The van der Waals surface area contributed by atoms with Gasteiger partial charge in [-0.1, -0.05) is 0 Å². The van der Waals surface area contributed by atoms with E-state index in [2.05, 4.69) is 4.99 Å². The van der Waals surface area contributed by atoms with Gasteiger partial charge in [-0.25, -0.2) is 0 Å². The Balaban J connectivity index is 2.34. The van der Waals surface area contributed by atoms with Gasteiger partial charge in [0.2, 0.25) is 0 Å². The van der Waals surface area contributed by atoms with Crippen LogP contribution in [0, 0.1) is 0 Å². The van der Waals surface area contributed by atoms with Crippen LogP contribution in [0.25, 0.3) is 0 Å². The largest absolute Gasteiger partial charge is 0.508 e. The lowest BCUT2D eigenvalue weighted by molar-refractivity contribution is -0.108. The number of aldehydes is 1. The number of hydrogen-bond donors (Lipinski definition) is 2. The van der Waals surface area contributed by atoms with E-state index in [4.69, 9.17) is 5.11 Å². The Labute approximate surface area is 90.7 Å². The standard InChI is InChI=1S/C10H9NO3S/c12-4-6-5-15-10(11-6)8-2-1-7(13)3-9(8)14/h1-4,6,13-14H,5H2. The summed E-state index contributed by atoms with van der Waals surface area (Å²) in [5, 5.41) is 19.3. The van der Waals surface area contributed by atoms with E-state index < -0.39 is 0 Å². The van der Waals surface area contributed by atoms with E-state index in [9.17, 15) is 9.90 Å². The highest BCUT2D eigenvalue weighted by molar-refractivity contribution is 8.14. The minimum atomic E-state index is -0.321. The summed E-state index contributed by atoms with van der Waals surface area (Å²) in [5.41, 5.74) is 0.558. The summed E-state index contributed by atoms with van der Waals surface area (Å²) in [7, 11) is 0. The van der Waals surface area contributed by atoms with Gasteiger partial charge in [0.15, 0.2) is 0 Å². The Morgan fingerprint density at radius 1 is 1.47 bits per heavy atom. The molecule has 0 saturated heterocycles. The minimum Gasteiger partial charge on any atom is -0.508 e. The van der Waals surface area contributed by atoms with E-state index in [-0.39, 0.29) is 17.5 Å². The number of benzene rings is 1. The number of nitrogens with zero attached hydrogens (tertiary/aromatic N) is 1. The molecule has 4 nitrogen and oxygen atoms in total. The fraction of sp³-hybridized carbons (Fsp3) is 0.200. The lowest BCUT2D eigenvalue weighted by Crippen LogP contribution is -2.03. The van der Waals surface area contributed by atoms with Crippen LogP contribution >= 0.6 is 11.8 Å². The number of aliphatic imine (C=N–C) groups is 1. The maximum Gasteiger partial charge on any atom is 0.145 e. The first-order valence-corrected chi connectivity index (χ1v) is 5.37. The quantitative estimate of drug-likeness (QED) is 0.738. The van der Waals surface area contributed by atoms with Crippen LogP contribution in [-0.2, 0) is 4.79 Å². The molecule has 0 fully saturated rings. The summed E-state index contributed by atoms with van der Waals surface area (Å²) >= 11 is 1.43. The molecule has 0 bridgehead atoms. The molecule has 1 aromatic carbocycles. The molecule has 2 rings (SSSR count). The van der Waals surface area contributed by atoms with Crippen molar-refractivity contribution in [1.82, 2.24) is 0 Å². The van der Waals surface area contributed by atoms with Gasteiger partial charge in [-0.05, 0) is 12.1 Å². The maximum atomic E-state index is 10.5. The normalized spacial score (nSPS) is 20.0. The van der Waals surface area contributed by atoms with Crippen molar-refractivity contribution in [3.63, 3.8) is 0 Å². The molecule has 0 amide bonds. The Kier molecular flexibility index (Phi) is 2.64. The first kappa shape index (κ1) is 10.0. The molecule has 2 N–H and O–H groups in total. The summed E-state index contributed by atoms with van der Waals surface area (Å²) in [6.07, 6.45) is 0.789. The fourth-order valence-corrected chi connectivity index (χ4v) is 2.33. The third-order valence-electron chi connectivity index (χ3n) is 2.04. The third kappa shape index (κ3) is 1.97. The second kappa shape index (κ2) is 3.94. The van der Waals surface area contributed by atoms with E-state index in [0.717, 1.165) is 6.29 Å². The summed E-state index contributed by atoms with van der Waals surface area (Å²) in [6.45, 7) is 0. The smallest absolute Gasteiger partial charge is 0.145 e. The van der Waals surface area contributed by atoms with Gasteiger partial charge in [0.1, 0.15) is 28.9 Å². The average molecular weight is 223 g/mol. The van der Waals surface area contributed by atoms with Gasteiger partial charge in [-0.3, -0.25) is 4.99 Å². The van der Waals surface area contributed by atoms with Crippen LogP contribution in [0.2, 0.25) is 0 Å². The summed E-state index contributed by atoms with van der Waals surface area (Å²) in [4.78, 5) is 14.6. The highest BCUT2D eigenvalue weighted by Crippen LogP contribution is 2.30. The lowest BCUT2D eigenvalue weighted by atomic mass is 10.2. The second-order valence-electron chi connectivity index (χ2n) is 3.15. The molecule has 1 aliphatic rings. The summed E-state index contributed by atoms with van der Waals surface area (Å²) in [5.74, 6) is 0.596. The maximum absolute atomic E-state index is 10.5. The van der Waals surface area contributed by atoms with E-state index in [0.29, 0.717) is 16.4 Å². The first-order chi connectivity index (χ1) is 7.20. The van der Waals surface area contributed by atoms with Gasteiger partial charge >= 0.3 is 0 Å². The van der Waals surface area contributed by atoms with Crippen LogP contribution in [0.1, 0.15) is 5.56 Å². The van der Waals surface area contributed by atoms with Crippen LogP contribution in [0.3, 0.4) is 0 Å². The van der Waals surface area contributed by atoms with Gasteiger partial charge < -0.3 is 15.0 Å². The van der Waals surface area contributed by atoms with E-state index in [1.54, 1.807) is 6.07 Å². The number of aromatic hydroxyl groups is 2. The molecule has 5 heteroatoms. The fourth-order valence-electron chi connectivity index (χ4n) is 1.31. The average Bonchev–Trinajstić information content (AvgIpc) is 2.66. The monoisotopic (exact) mass is 223 g/mol. The molecule has 78 valence electrons. The van der Waals surface area contributed by atoms with Crippen molar-refractivity contribution in [3.05, 3.63) is 23.8 Å². The second-order valence-corrected chi connectivity index (χ2v) is 4.16. The zero-order valence-corrected chi connectivity index (χ0v) is 8.57. The number of thioether (sulfide) groups is 1. The topological polar surface area (TPSA) is 69.9 Å². The number of rotatable bonds is 2. The SMILES string of the molecule is O=CC1CSC(c2ccc(O)cc2O)=N1. The summed E-state index contributed by atoms with van der Waals surface area (Å²) < 4.78 is 0.